The molecule has 0 aromatic heterocycles. The van der Waals surface area contributed by atoms with Gasteiger partial charge >= 0.3 is 0 Å². The van der Waals surface area contributed by atoms with Crippen LogP contribution in [-0.2, 0) is 0 Å². The lowest BCUT2D eigenvalue weighted by molar-refractivity contribution is 0.176. The number of benzene rings is 1. The van der Waals surface area contributed by atoms with E-state index in [-0.39, 0.29) is 6.04 Å². The third-order valence-corrected chi connectivity index (χ3v) is 4.67. The summed E-state index contributed by atoms with van der Waals surface area (Å²) in [5, 5.41) is 0.794. The van der Waals surface area contributed by atoms with Crippen LogP contribution < -0.4 is 11.3 Å². The maximum Gasteiger partial charge on any atom is 0.0490 e. The number of nitrogens with one attached hydrogen (secondary N) is 1. The van der Waals surface area contributed by atoms with E-state index in [4.69, 9.17) is 17.4 Å². The van der Waals surface area contributed by atoms with Crippen LogP contribution in [0.3, 0.4) is 0 Å². The van der Waals surface area contributed by atoms with Crippen LogP contribution in [0, 0.1) is 24.7 Å². The van der Waals surface area contributed by atoms with Gasteiger partial charge in [0.1, 0.15) is 0 Å². The average Bonchev–Trinajstić information content (AvgIpc) is 2.31. The summed E-state index contributed by atoms with van der Waals surface area (Å²) in [7, 11) is 0. The maximum atomic E-state index is 6.05. The standard InChI is InChI=1S/C16H25ClN2/c1-10-6-11(2)8-13(7-10)16(19-18)15-5-4-14(17)9-12(15)3/h4-5,9-11,13,16,19H,6-8,18H2,1-3H3. The van der Waals surface area contributed by atoms with Crippen LogP contribution in [-0.4, -0.2) is 0 Å². The van der Waals surface area contributed by atoms with Gasteiger partial charge in [-0.2, -0.15) is 0 Å². The number of aryl methyl sites for hydroxylation is 1. The second-order valence-electron chi connectivity index (χ2n) is 6.32. The Morgan fingerprint density at radius 1 is 1.21 bits per heavy atom. The van der Waals surface area contributed by atoms with Gasteiger partial charge in [0.05, 0.1) is 0 Å². The van der Waals surface area contributed by atoms with Gasteiger partial charge in [-0.15, -0.1) is 0 Å². The summed E-state index contributed by atoms with van der Waals surface area (Å²) >= 11 is 6.05. The molecule has 106 valence electrons. The van der Waals surface area contributed by atoms with Crippen molar-refractivity contribution in [2.24, 2.45) is 23.6 Å². The molecule has 1 saturated carbocycles. The zero-order valence-electron chi connectivity index (χ0n) is 12.1. The van der Waals surface area contributed by atoms with E-state index in [9.17, 15) is 0 Å². The van der Waals surface area contributed by atoms with E-state index < -0.39 is 0 Å². The number of hydrazine groups is 1. The van der Waals surface area contributed by atoms with Crippen LogP contribution in [0.5, 0.6) is 0 Å². The van der Waals surface area contributed by atoms with Gasteiger partial charge in [0.2, 0.25) is 0 Å². The SMILES string of the molecule is Cc1cc(Cl)ccc1C(NN)C1CC(C)CC(C)C1. The third-order valence-electron chi connectivity index (χ3n) is 4.43. The minimum Gasteiger partial charge on any atom is -0.271 e. The highest BCUT2D eigenvalue weighted by atomic mass is 35.5. The van der Waals surface area contributed by atoms with E-state index in [0.717, 1.165) is 16.9 Å². The van der Waals surface area contributed by atoms with Gasteiger partial charge in [0, 0.05) is 11.1 Å². The Hall–Kier alpha value is -0.570. The smallest absolute Gasteiger partial charge is 0.0490 e. The molecule has 1 aliphatic rings. The minimum absolute atomic E-state index is 0.238. The molecular formula is C16H25ClN2. The summed E-state index contributed by atoms with van der Waals surface area (Å²) in [6.45, 7) is 6.82. The molecule has 0 amide bonds. The predicted octanol–water partition coefficient (Wildman–Crippen LogP) is 4.23. The Balaban J connectivity index is 2.23. The molecule has 0 aliphatic heterocycles. The number of nitrogens with two attached hydrogens (primary N) is 1. The normalized spacial score (nSPS) is 29.2. The molecule has 3 unspecified atom stereocenters. The van der Waals surface area contributed by atoms with E-state index in [1.807, 2.05) is 12.1 Å². The van der Waals surface area contributed by atoms with Crippen LogP contribution in [0.15, 0.2) is 18.2 Å². The van der Waals surface area contributed by atoms with Crippen LogP contribution in [0.4, 0.5) is 0 Å². The maximum absolute atomic E-state index is 6.05. The van der Waals surface area contributed by atoms with Crippen molar-refractivity contribution in [2.75, 3.05) is 0 Å². The Morgan fingerprint density at radius 2 is 1.84 bits per heavy atom. The molecule has 3 N–H and O–H groups in total. The topological polar surface area (TPSA) is 38.0 Å². The Morgan fingerprint density at radius 3 is 2.37 bits per heavy atom. The van der Waals surface area contributed by atoms with Gasteiger partial charge in [-0.25, -0.2) is 0 Å². The van der Waals surface area contributed by atoms with Gasteiger partial charge in [-0.3, -0.25) is 11.3 Å². The average molecular weight is 281 g/mol. The molecule has 0 spiro atoms. The van der Waals surface area contributed by atoms with Crippen molar-refractivity contribution in [3.8, 4) is 0 Å². The first kappa shape index (κ1) is 14.8. The van der Waals surface area contributed by atoms with Gasteiger partial charge < -0.3 is 0 Å². The summed E-state index contributed by atoms with van der Waals surface area (Å²) in [6, 6.07) is 6.34. The fourth-order valence-corrected chi connectivity index (χ4v) is 3.98. The first-order valence-electron chi connectivity index (χ1n) is 7.23. The summed E-state index contributed by atoms with van der Waals surface area (Å²) in [6.07, 6.45) is 3.84. The molecule has 0 radical (unpaired) electrons. The van der Waals surface area contributed by atoms with Crippen molar-refractivity contribution in [3.05, 3.63) is 34.3 Å². The van der Waals surface area contributed by atoms with E-state index >= 15 is 0 Å². The molecule has 1 aromatic rings. The monoisotopic (exact) mass is 280 g/mol. The summed E-state index contributed by atoms with van der Waals surface area (Å²) < 4.78 is 0. The first-order valence-corrected chi connectivity index (χ1v) is 7.61. The summed E-state index contributed by atoms with van der Waals surface area (Å²) in [4.78, 5) is 0. The molecule has 0 saturated heterocycles. The quantitative estimate of drug-likeness (QED) is 0.642. The molecular weight excluding hydrogens is 256 g/mol. The van der Waals surface area contributed by atoms with Gasteiger partial charge in [-0.1, -0.05) is 31.5 Å². The van der Waals surface area contributed by atoms with Crippen molar-refractivity contribution >= 4 is 11.6 Å². The van der Waals surface area contributed by atoms with Gasteiger partial charge in [0.25, 0.3) is 0 Å². The van der Waals surface area contributed by atoms with E-state index in [2.05, 4.69) is 32.3 Å². The molecule has 1 fully saturated rings. The van der Waals surface area contributed by atoms with Crippen molar-refractivity contribution in [1.29, 1.82) is 0 Å². The molecule has 3 atom stereocenters. The van der Waals surface area contributed by atoms with Crippen molar-refractivity contribution in [1.82, 2.24) is 5.43 Å². The van der Waals surface area contributed by atoms with Crippen LogP contribution in [0.1, 0.15) is 50.3 Å². The number of hydrogen-bond acceptors (Lipinski definition) is 2. The Labute approximate surface area is 121 Å². The van der Waals surface area contributed by atoms with E-state index in [1.54, 1.807) is 0 Å². The molecule has 3 heteroatoms. The Kier molecular flexibility index (Phi) is 4.88. The molecule has 19 heavy (non-hydrogen) atoms. The number of hydrogen-bond donors (Lipinski definition) is 2. The zero-order valence-corrected chi connectivity index (χ0v) is 12.9. The zero-order chi connectivity index (χ0) is 14.0. The second kappa shape index (κ2) is 6.25. The summed E-state index contributed by atoms with van der Waals surface area (Å²) in [5.41, 5.74) is 5.56. The third kappa shape index (κ3) is 3.50. The van der Waals surface area contributed by atoms with Gasteiger partial charge in [0.15, 0.2) is 0 Å². The predicted molar refractivity (Wildman–Crippen MR) is 81.9 cm³/mol. The molecule has 0 heterocycles. The van der Waals surface area contributed by atoms with Crippen molar-refractivity contribution < 1.29 is 0 Å². The highest BCUT2D eigenvalue weighted by Gasteiger charge is 2.31. The largest absolute Gasteiger partial charge is 0.271 e. The van der Waals surface area contributed by atoms with Crippen LogP contribution in [0.2, 0.25) is 5.02 Å². The van der Waals surface area contributed by atoms with E-state index in [0.29, 0.717) is 5.92 Å². The lowest BCUT2D eigenvalue weighted by Crippen LogP contribution is -2.37. The van der Waals surface area contributed by atoms with Crippen molar-refractivity contribution in [2.45, 2.75) is 46.1 Å². The second-order valence-corrected chi connectivity index (χ2v) is 6.76. The molecule has 1 aliphatic carbocycles. The Bertz CT molecular complexity index is 423. The molecule has 0 bridgehead atoms. The highest BCUT2D eigenvalue weighted by molar-refractivity contribution is 6.30. The number of halogens is 1. The van der Waals surface area contributed by atoms with Crippen LogP contribution >= 0.6 is 11.6 Å². The minimum atomic E-state index is 0.238. The van der Waals surface area contributed by atoms with E-state index in [1.165, 1.54) is 30.4 Å². The van der Waals surface area contributed by atoms with Gasteiger partial charge in [-0.05, 0) is 67.2 Å². The highest BCUT2D eigenvalue weighted by Crippen LogP contribution is 2.40. The molecule has 1 aromatic carbocycles. The lowest BCUT2D eigenvalue weighted by Gasteiger charge is -2.37. The lowest BCUT2D eigenvalue weighted by atomic mass is 9.72. The fourth-order valence-electron chi connectivity index (χ4n) is 3.75. The number of rotatable bonds is 3. The van der Waals surface area contributed by atoms with Crippen LogP contribution in [0.25, 0.3) is 0 Å². The first-order chi connectivity index (χ1) is 9.01. The van der Waals surface area contributed by atoms with Crippen molar-refractivity contribution in [3.63, 3.8) is 0 Å². The molecule has 2 nitrogen and oxygen atoms in total. The summed E-state index contributed by atoms with van der Waals surface area (Å²) in [5.74, 6) is 8.04. The molecule has 2 rings (SSSR count). The fraction of sp³-hybridized carbons (Fsp3) is 0.625.